The van der Waals surface area contributed by atoms with E-state index < -0.39 is 0 Å². The van der Waals surface area contributed by atoms with Gasteiger partial charge in [0.05, 0.1) is 17.2 Å². The molecule has 5 heteroatoms. The molecular formula is C12H15BrN2S2. The zero-order chi connectivity index (χ0) is 12.1. The predicted molar refractivity (Wildman–Crippen MR) is 78.9 cm³/mol. The highest BCUT2D eigenvalue weighted by molar-refractivity contribution is 9.10. The molecule has 0 bridgehead atoms. The lowest BCUT2D eigenvalue weighted by atomic mass is 10.1. The maximum atomic E-state index is 4.42. The van der Waals surface area contributed by atoms with Crippen molar-refractivity contribution in [1.29, 1.82) is 0 Å². The number of hydrogen-bond acceptors (Lipinski definition) is 4. The zero-order valence-corrected chi connectivity index (χ0v) is 12.9. The minimum Gasteiger partial charge on any atom is -0.308 e. The molecule has 0 aliphatic carbocycles. The van der Waals surface area contributed by atoms with Crippen molar-refractivity contribution < 1.29 is 0 Å². The summed E-state index contributed by atoms with van der Waals surface area (Å²) in [6, 6.07) is 2.53. The van der Waals surface area contributed by atoms with Gasteiger partial charge in [-0.2, -0.15) is 0 Å². The average Bonchev–Trinajstić information content (AvgIpc) is 2.95. The smallest absolute Gasteiger partial charge is 0.0795 e. The van der Waals surface area contributed by atoms with Crippen LogP contribution in [0.4, 0.5) is 0 Å². The summed E-state index contributed by atoms with van der Waals surface area (Å²) in [5.74, 6) is 0. The van der Waals surface area contributed by atoms with Crippen LogP contribution < -0.4 is 5.32 Å². The highest BCUT2D eigenvalue weighted by Gasteiger charge is 2.14. The summed E-state index contributed by atoms with van der Waals surface area (Å²) in [4.78, 5) is 5.81. The molecule has 2 rings (SSSR count). The van der Waals surface area contributed by atoms with Gasteiger partial charge in [-0.1, -0.05) is 6.92 Å². The summed E-state index contributed by atoms with van der Waals surface area (Å²) in [7, 11) is 0. The quantitative estimate of drug-likeness (QED) is 0.856. The van der Waals surface area contributed by atoms with E-state index in [1.165, 1.54) is 9.35 Å². The van der Waals surface area contributed by atoms with Crippen LogP contribution in [0.3, 0.4) is 0 Å². The van der Waals surface area contributed by atoms with Gasteiger partial charge in [0, 0.05) is 26.5 Å². The second kappa shape index (κ2) is 6.64. The van der Waals surface area contributed by atoms with Gasteiger partial charge in [-0.05, 0) is 35.0 Å². The van der Waals surface area contributed by atoms with E-state index >= 15 is 0 Å². The van der Waals surface area contributed by atoms with Crippen molar-refractivity contribution in [2.24, 2.45) is 0 Å². The van der Waals surface area contributed by atoms with Crippen LogP contribution in [0.25, 0.3) is 0 Å². The Hall–Kier alpha value is -0.230. The molecule has 2 heterocycles. The van der Waals surface area contributed by atoms with Gasteiger partial charge in [0.15, 0.2) is 0 Å². The van der Waals surface area contributed by atoms with E-state index in [4.69, 9.17) is 0 Å². The first-order valence-corrected chi connectivity index (χ1v) is 8.25. The summed E-state index contributed by atoms with van der Waals surface area (Å²) < 4.78 is 1.17. The van der Waals surface area contributed by atoms with E-state index in [9.17, 15) is 0 Å². The van der Waals surface area contributed by atoms with Gasteiger partial charge in [-0.15, -0.1) is 22.7 Å². The van der Waals surface area contributed by atoms with Crippen molar-refractivity contribution in [1.82, 2.24) is 10.3 Å². The number of thiazole rings is 1. The average molecular weight is 331 g/mol. The van der Waals surface area contributed by atoms with Crippen LogP contribution in [0.15, 0.2) is 26.8 Å². The van der Waals surface area contributed by atoms with Crippen LogP contribution in [-0.2, 0) is 6.42 Å². The maximum absolute atomic E-state index is 4.42. The van der Waals surface area contributed by atoms with Gasteiger partial charge < -0.3 is 5.32 Å². The van der Waals surface area contributed by atoms with Crippen molar-refractivity contribution in [2.75, 3.05) is 6.54 Å². The number of nitrogens with zero attached hydrogens (tertiary/aromatic N) is 1. The SMILES string of the molecule is CCCNC(Cc1cc(Br)cs1)c1cscn1. The molecule has 0 aliphatic rings. The Kier molecular flexibility index (Phi) is 5.16. The molecule has 0 aliphatic heterocycles. The summed E-state index contributed by atoms with van der Waals surface area (Å²) in [5, 5.41) is 7.83. The highest BCUT2D eigenvalue weighted by atomic mass is 79.9. The standard InChI is InChI=1S/C12H15BrN2S2/c1-2-3-14-11(12-7-16-8-15-12)5-10-4-9(13)6-17-10/h4,6-8,11,14H,2-3,5H2,1H3. The Morgan fingerprint density at radius 1 is 1.47 bits per heavy atom. The predicted octanol–water partition coefficient (Wildman–Crippen LogP) is 4.25. The third-order valence-electron chi connectivity index (χ3n) is 2.48. The van der Waals surface area contributed by atoms with Gasteiger partial charge in [0.2, 0.25) is 0 Å². The molecule has 1 N–H and O–H groups in total. The lowest BCUT2D eigenvalue weighted by Gasteiger charge is -2.15. The highest BCUT2D eigenvalue weighted by Crippen LogP contribution is 2.25. The van der Waals surface area contributed by atoms with Crippen molar-refractivity contribution >= 4 is 38.6 Å². The van der Waals surface area contributed by atoms with E-state index in [0.717, 1.165) is 25.1 Å². The van der Waals surface area contributed by atoms with Gasteiger partial charge in [0.1, 0.15) is 0 Å². The van der Waals surface area contributed by atoms with Crippen molar-refractivity contribution in [3.8, 4) is 0 Å². The molecule has 0 saturated carbocycles. The fraction of sp³-hybridized carbons (Fsp3) is 0.417. The third-order valence-corrected chi connectivity index (χ3v) is 4.80. The van der Waals surface area contributed by atoms with Crippen LogP contribution in [0.2, 0.25) is 0 Å². The van der Waals surface area contributed by atoms with Gasteiger partial charge in [-0.3, -0.25) is 0 Å². The summed E-state index contributed by atoms with van der Waals surface area (Å²) in [6.07, 6.45) is 2.16. The molecule has 2 aromatic heterocycles. The first-order valence-electron chi connectivity index (χ1n) is 5.64. The topological polar surface area (TPSA) is 24.9 Å². The fourth-order valence-electron chi connectivity index (χ4n) is 1.66. The van der Waals surface area contributed by atoms with Crippen LogP contribution in [0.1, 0.15) is 30.0 Å². The summed E-state index contributed by atoms with van der Waals surface area (Å²) in [5.41, 5.74) is 3.06. The van der Waals surface area contributed by atoms with Crippen molar-refractivity contribution in [2.45, 2.75) is 25.8 Å². The number of thiophene rings is 1. The van der Waals surface area contributed by atoms with E-state index in [0.29, 0.717) is 6.04 Å². The molecule has 2 aromatic rings. The van der Waals surface area contributed by atoms with Gasteiger partial charge in [-0.25, -0.2) is 4.98 Å². The Labute approximate surface area is 118 Å². The molecule has 0 aromatic carbocycles. The van der Waals surface area contributed by atoms with Crippen LogP contribution >= 0.6 is 38.6 Å². The Morgan fingerprint density at radius 2 is 2.35 bits per heavy atom. The first-order chi connectivity index (χ1) is 8.29. The fourth-order valence-corrected chi connectivity index (χ4v) is 3.76. The van der Waals surface area contributed by atoms with Crippen LogP contribution in [0, 0.1) is 0 Å². The molecule has 1 atom stereocenters. The molecule has 92 valence electrons. The Balaban J connectivity index is 2.05. The molecule has 17 heavy (non-hydrogen) atoms. The lowest BCUT2D eigenvalue weighted by molar-refractivity contribution is 0.523. The Morgan fingerprint density at radius 3 is 2.94 bits per heavy atom. The number of rotatable bonds is 6. The number of aromatic nitrogens is 1. The monoisotopic (exact) mass is 330 g/mol. The second-order valence-corrected chi connectivity index (χ2v) is 6.49. The number of hydrogen-bond donors (Lipinski definition) is 1. The number of nitrogens with one attached hydrogen (secondary N) is 1. The molecule has 0 radical (unpaired) electrons. The zero-order valence-electron chi connectivity index (χ0n) is 9.65. The van der Waals surface area contributed by atoms with Crippen molar-refractivity contribution in [3.63, 3.8) is 0 Å². The van der Waals surface area contributed by atoms with Crippen LogP contribution in [-0.4, -0.2) is 11.5 Å². The van der Waals surface area contributed by atoms with E-state index in [1.54, 1.807) is 22.7 Å². The molecule has 0 spiro atoms. The van der Waals surface area contributed by atoms with E-state index in [2.05, 4.69) is 50.0 Å². The summed E-state index contributed by atoms with van der Waals surface area (Å²) in [6.45, 7) is 3.22. The van der Waals surface area contributed by atoms with E-state index in [-0.39, 0.29) is 0 Å². The minimum absolute atomic E-state index is 0.340. The minimum atomic E-state index is 0.340. The van der Waals surface area contributed by atoms with Crippen molar-refractivity contribution in [3.05, 3.63) is 37.4 Å². The van der Waals surface area contributed by atoms with Gasteiger partial charge >= 0.3 is 0 Å². The molecule has 0 saturated heterocycles. The second-order valence-electron chi connectivity index (χ2n) is 3.86. The normalized spacial score (nSPS) is 12.8. The molecule has 0 fully saturated rings. The molecule has 1 unspecified atom stereocenters. The van der Waals surface area contributed by atoms with E-state index in [1.807, 2.05) is 5.51 Å². The largest absolute Gasteiger partial charge is 0.308 e. The number of halogens is 1. The molecule has 2 nitrogen and oxygen atoms in total. The maximum Gasteiger partial charge on any atom is 0.0795 e. The van der Waals surface area contributed by atoms with Crippen LogP contribution in [0.5, 0.6) is 0 Å². The first kappa shape index (κ1) is 13.2. The van der Waals surface area contributed by atoms with Gasteiger partial charge in [0.25, 0.3) is 0 Å². The third kappa shape index (κ3) is 3.88. The molecule has 0 amide bonds. The lowest BCUT2D eigenvalue weighted by Crippen LogP contribution is -2.24. The summed E-state index contributed by atoms with van der Waals surface area (Å²) >= 11 is 6.96. The Bertz CT molecular complexity index is 439. The molecular weight excluding hydrogens is 316 g/mol.